The van der Waals surface area contributed by atoms with Crippen LogP contribution in [0.2, 0.25) is 0 Å². The fraction of sp³-hybridized carbons (Fsp3) is 0.529. The zero-order valence-corrected chi connectivity index (χ0v) is 28.1. The Morgan fingerprint density at radius 2 is 1.76 bits per heavy atom. The lowest BCUT2D eigenvalue weighted by Crippen LogP contribution is -2.49. The highest BCUT2D eigenvalue weighted by Crippen LogP contribution is 2.44. The predicted molar refractivity (Wildman–Crippen MR) is 175 cm³/mol. The first-order chi connectivity index (χ1) is 21.6. The number of amides is 2. The molecule has 0 atom stereocenters. The molecule has 0 radical (unpaired) electrons. The third-order valence-corrected chi connectivity index (χ3v) is 10.5. The number of carboxylic acids is 1. The second-order valence-corrected chi connectivity index (χ2v) is 15.6. The number of pyridine rings is 1. The number of fused-ring (bicyclic) bond motifs is 1. The standard InChI is InChI=1S/C34H44N4O7S/c1-21-7-9-23(10-8-21)28-27(29(39)35-5)25-19-24(22-11-12-22)26(37-30(25)45-28)20-46(43,44)36-16-6-13-34(32(41)42)14-17-38(18-15-34)31(40)33(2,3)4/h7-10,19,22,36H,6,11-18,20H2,1-5H3,(H,35,39)(H,41,42). The Kier molecular flexibility index (Phi) is 9.34. The number of hydrogen-bond acceptors (Lipinski definition) is 7. The van der Waals surface area contributed by atoms with E-state index in [-0.39, 0.29) is 35.7 Å². The van der Waals surface area contributed by atoms with Crippen molar-refractivity contribution in [3.63, 3.8) is 0 Å². The van der Waals surface area contributed by atoms with E-state index >= 15 is 0 Å². The Balaban J connectivity index is 1.30. The number of piperidine rings is 1. The number of hydrogen-bond donors (Lipinski definition) is 3. The van der Waals surface area contributed by atoms with Crippen molar-refractivity contribution >= 4 is 38.9 Å². The first-order valence-electron chi connectivity index (χ1n) is 15.9. The van der Waals surface area contributed by atoms with E-state index in [0.717, 1.165) is 29.5 Å². The Morgan fingerprint density at radius 3 is 2.33 bits per heavy atom. The number of aromatic nitrogens is 1. The minimum absolute atomic E-state index is 0.00221. The van der Waals surface area contributed by atoms with Crippen LogP contribution in [0.25, 0.3) is 22.4 Å². The minimum atomic E-state index is -3.83. The second-order valence-electron chi connectivity index (χ2n) is 13.8. The molecule has 2 fully saturated rings. The van der Waals surface area contributed by atoms with E-state index in [4.69, 9.17) is 4.42 Å². The van der Waals surface area contributed by atoms with Crippen molar-refractivity contribution in [3.8, 4) is 11.3 Å². The summed E-state index contributed by atoms with van der Waals surface area (Å²) >= 11 is 0. The number of likely N-dealkylation sites (tertiary alicyclic amines) is 1. The molecular formula is C34H44N4O7S. The first-order valence-corrected chi connectivity index (χ1v) is 17.5. The Morgan fingerprint density at radius 1 is 1.11 bits per heavy atom. The van der Waals surface area contributed by atoms with E-state index in [1.807, 2.05) is 58.0 Å². The number of aliphatic carboxylic acids is 1. The van der Waals surface area contributed by atoms with Crippen molar-refractivity contribution in [1.82, 2.24) is 19.9 Å². The van der Waals surface area contributed by atoms with Crippen LogP contribution in [-0.2, 0) is 25.4 Å². The number of aryl methyl sites for hydroxylation is 1. The summed E-state index contributed by atoms with van der Waals surface area (Å²) in [7, 11) is -2.27. The number of carbonyl (C=O) groups is 3. The smallest absolute Gasteiger partial charge is 0.309 e. The molecule has 3 aromatic rings. The van der Waals surface area contributed by atoms with E-state index in [1.165, 1.54) is 0 Å². The number of nitrogens with zero attached hydrogens (tertiary/aromatic N) is 2. The maximum atomic E-state index is 13.3. The average molecular weight is 653 g/mol. The lowest BCUT2D eigenvalue weighted by molar-refractivity contribution is -0.156. The molecule has 0 bridgehead atoms. The SMILES string of the molecule is CNC(=O)c1c(-c2ccc(C)cc2)oc2nc(CS(=O)(=O)NCCCC3(C(=O)O)CCN(C(=O)C(C)(C)C)CC3)c(C3CC3)cc12. The van der Waals surface area contributed by atoms with Gasteiger partial charge < -0.3 is 19.7 Å². The fourth-order valence-corrected chi connectivity index (χ4v) is 7.41. The number of rotatable bonds is 11. The molecule has 11 nitrogen and oxygen atoms in total. The van der Waals surface area contributed by atoms with Gasteiger partial charge >= 0.3 is 5.97 Å². The summed E-state index contributed by atoms with van der Waals surface area (Å²) in [6.07, 6.45) is 3.11. The minimum Gasteiger partial charge on any atom is -0.481 e. The van der Waals surface area contributed by atoms with Crippen LogP contribution in [0.3, 0.4) is 0 Å². The highest BCUT2D eigenvalue weighted by atomic mass is 32.2. The summed E-state index contributed by atoms with van der Waals surface area (Å²) in [5.41, 5.74) is 1.99. The van der Waals surface area contributed by atoms with Crippen molar-refractivity contribution < 1.29 is 32.3 Å². The van der Waals surface area contributed by atoms with Crippen LogP contribution >= 0.6 is 0 Å². The molecule has 46 heavy (non-hydrogen) atoms. The molecule has 2 amide bonds. The zero-order valence-electron chi connectivity index (χ0n) is 27.2. The van der Waals surface area contributed by atoms with Gasteiger partial charge in [-0.3, -0.25) is 14.4 Å². The third-order valence-electron chi connectivity index (χ3n) is 9.16. The highest BCUT2D eigenvalue weighted by molar-refractivity contribution is 7.88. The molecule has 1 saturated heterocycles. The lowest BCUT2D eigenvalue weighted by atomic mass is 9.74. The van der Waals surface area contributed by atoms with Gasteiger partial charge in [-0.25, -0.2) is 18.1 Å². The van der Waals surface area contributed by atoms with Gasteiger partial charge in [0.25, 0.3) is 5.91 Å². The van der Waals surface area contributed by atoms with Gasteiger partial charge in [0.15, 0.2) is 0 Å². The largest absolute Gasteiger partial charge is 0.481 e. The second kappa shape index (κ2) is 12.8. The van der Waals surface area contributed by atoms with Gasteiger partial charge in [0.2, 0.25) is 21.6 Å². The number of benzene rings is 1. The summed E-state index contributed by atoms with van der Waals surface area (Å²) in [5, 5.41) is 13.3. The summed E-state index contributed by atoms with van der Waals surface area (Å²) in [6.45, 7) is 8.33. The van der Waals surface area contributed by atoms with Crippen LogP contribution in [0.1, 0.15) is 92.4 Å². The van der Waals surface area contributed by atoms with Crippen molar-refractivity contribution in [2.24, 2.45) is 10.8 Å². The molecule has 2 aliphatic rings. The highest BCUT2D eigenvalue weighted by Gasteiger charge is 2.43. The lowest BCUT2D eigenvalue weighted by Gasteiger charge is -2.41. The molecule has 3 heterocycles. The summed E-state index contributed by atoms with van der Waals surface area (Å²) < 4.78 is 35.3. The van der Waals surface area contributed by atoms with Crippen LogP contribution in [0, 0.1) is 17.8 Å². The number of nitrogens with one attached hydrogen (secondary N) is 2. The molecule has 248 valence electrons. The number of carbonyl (C=O) groups excluding carboxylic acids is 2. The van der Waals surface area contributed by atoms with E-state index < -0.39 is 26.8 Å². The molecule has 5 rings (SSSR count). The number of carboxylic acid groups (broad SMARTS) is 1. The van der Waals surface area contributed by atoms with Gasteiger partial charge in [-0.2, -0.15) is 0 Å². The van der Waals surface area contributed by atoms with E-state index in [0.29, 0.717) is 61.2 Å². The van der Waals surface area contributed by atoms with Crippen molar-refractivity contribution in [2.45, 2.75) is 77.9 Å². The molecule has 1 aliphatic heterocycles. The molecule has 1 saturated carbocycles. The Labute approximate surface area is 270 Å². The number of sulfonamides is 1. The zero-order chi connectivity index (χ0) is 33.4. The molecular weight excluding hydrogens is 608 g/mol. The monoisotopic (exact) mass is 652 g/mol. The van der Waals surface area contributed by atoms with Gasteiger partial charge in [-0.15, -0.1) is 0 Å². The molecule has 0 unspecified atom stereocenters. The van der Waals surface area contributed by atoms with Crippen molar-refractivity contribution in [3.05, 3.63) is 52.7 Å². The summed E-state index contributed by atoms with van der Waals surface area (Å²) in [5.74, 6) is -1.05. The van der Waals surface area contributed by atoms with E-state index in [1.54, 1.807) is 11.9 Å². The van der Waals surface area contributed by atoms with Crippen LogP contribution in [-0.4, -0.2) is 67.9 Å². The fourth-order valence-electron chi connectivity index (χ4n) is 6.27. The summed E-state index contributed by atoms with van der Waals surface area (Å²) in [4.78, 5) is 44.4. The van der Waals surface area contributed by atoms with E-state index in [9.17, 15) is 27.9 Å². The molecule has 2 aromatic heterocycles. The van der Waals surface area contributed by atoms with Gasteiger partial charge in [-0.1, -0.05) is 50.6 Å². The van der Waals surface area contributed by atoms with Gasteiger partial charge in [0.05, 0.1) is 22.1 Å². The first kappa shape index (κ1) is 33.6. The topological polar surface area (TPSA) is 159 Å². The van der Waals surface area contributed by atoms with Crippen LogP contribution in [0.15, 0.2) is 34.7 Å². The summed E-state index contributed by atoms with van der Waals surface area (Å²) in [6, 6.07) is 9.46. The molecule has 3 N–H and O–H groups in total. The maximum absolute atomic E-state index is 13.3. The van der Waals surface area contributed by atoms with Gasteiger partial charge in [0, 0.05) is 37.7 Å². The third kappa shape index (κ3) is 7.12. The average Bonchev–Trinajstić information content (AvgIpc) is 3.78. The quantitative estimate of drug-likeness (QED) is 0.245. The molecule has 1 aliphatic carbocycles. The van der Waals surface area contributed by atoms with Crippen molar-refractivity contribution in [1.29, 1.82) is 0 Å². The van der Waals surface area contributed by atoms with Gasteiger partial charge in [-0.05, 0) is 63.0 Å². The number of furan rings is 1. The normalized spacial score (nSPS) is 16.8. The van der Waals surface area contributed by atoms with Crippen molar-refractivity contribution in [2.75, 3.05) is 26.7 Å². The van der Waals surface area contributed by atoms with Crippen LogP contribution in [0.4, 0.5) is 0 Å². The molecule has 12 heteroatoms. The molecule has 0 spiro atoms. The van der Waals surface area contributed by atoms with Gasteiger partial charge in [0.1, 0.15) is 11.5 Å². The Bertz CT molecular complexity index is 1740. The predicted octanol–water partition coefficient (Wildman–Crippen LogP) is 4.98. The van der Waals surface area contributed by atoms with Crippen LogP contribution < -0.4 is 10.0 Å². The van der Waals surface area contributed by atoms with Crippen LogP contribution in [0.5, 0.6) is 0 Å². The Hall–Kier alpha value is -3.77. The maximum Gasteiger partial charge on any atom is 0.309 e. The molecule has 1 aromatic carbocycles. The van der Waals surface area contributed by atoms with E-state index in [2.05, 4.69) is 15.0 Å².